The number of aromatic nitrogens is 2. The van der Waals surface area contributed by atoms with Crippen molar-refractivity contribution in [2.24, 2.45) is 0 Å². The van der Waals surface area contributed by atoms with Crippen molar-refractivity contribution in [3.63, 3.8) is 0 Å². The first-order valence-electron chi connectivity index (χ1n) is 7.54. The Bertz CT molecular complexity index is 1000. The first-order chi connectivity index (χ1) is 12.2. The molecule has 0 saturated carbocycles. The molecular weight excluding hydrogens is 354 g/mol. The molecule has 3 heterocycles. The Kier molecular flexibility index (Phi) is 4.17. The van der Waals surface area contributed by atoms with E-state index in [9.17, 15) is 4.79 Å². The summed E-state index contributed by atoms with van der Waals surface area (Å²) in [6, 6.07) is 13.4. The molecule has 124 valence electrons. The number of rotatable bonds is 4. The lowest BCUT2D eigenvalue weighted by Crippen LogP contribution is -2.09. The fraction of sp³-hybridized carbons (Fsp3) is 0.0556. The minimum atomic E-state index is -0.145. The van der Waals surface area contributed by atoms with Gasteiger partial charge in [0.25, 0.3) is 11.8 Å². The smallest absolute Gasteiger partial charge is 0.270 e. The van der Waals surface area contributed by atoms with Gasteiger partial charge in [0.15, 0.2) is 0 Å². The first-order valence-corrected chi connectivity index (χ1v) is 9.30. The molecule has 3 aromatic heterocycles. The Morgan fingerprint density at radius 3 is 2.68 bits per heavy atom. The predicted octanol–water partition coefficient (Wildman–Crippen LogP) is 5.09. The highest BCUT2D eigenvalue weighted by molar-refractivity contribution is 7.14. The number of benzene rings is 1. The molecular formula is C18H13N3O2S2. The Labute approximate surface area is 152 Å². The molecule has 0 aliphatic carbocycles. The monoisotopic (exact) mass is 367 g/mol. The van der Waals surface area contributed by atoms with E-state index in [0.717, 1.165) is 10.4 Å². The van der Waals surface area contributed by atoms with Crippen LogP contribution < -0.4 is 5.32 Å². The van der Waals surface area contributed by atoms with E-state index in [2.05, 4.69) is 15.5 Å². The SMILES string of the molecule is Cc1ccc(-c2noc(-c3sccc3NC(=O)c3cccs3)n2)cc1. The molecule has 7 heteroatoms. The topological polar surface area (TPSA) is 68.0 Å². The van der Waals surface area contributed by atoms with Crippen molar-refractivity contribution < 1.29 is 9.32 Å². The van der Waals surface area contributed by atoms with Gasteiger partial charge in [0.05, 0.1) is 10.6 Å². The molecule has 0 radical (unpaired) electrons. The molecule has 1 amide bonds. The number of hydrogen-bond donors (Lipinski definition) is 1. The maximum absolute atomic E-state index is 12.3. The van der Waals surface area contributed by atoms with E-state index in [0.29, 0.717) is 22.3 Å². The number of aryl methyl sites for hydroxylation is 1. The Morgan fingerprint density at radius 2 is 1.92 bits per heavy atom. The summed E-state index contributed by atoms with van der Waals surface area (Å²) in [4.78, 5) is 18.1. The van der Waals surface area contributed by atoms with Crippen molar-refractivity contribution in [2.45, 2.75) is 6.92 Å². The van der Waals surface area contributed by atoms with Crippen LogP contribution in [-0.4, -0.2) is 16.0 Å². The van der Waals surface area contributed by atoms with Gasteiger partial charge in [0.1, 0.15) is 4.88 Å². The van der Waals surface area contributed by atoms with Crippen LogP contribution in [0.3, 0.4) is 0 Å². The highest BCUT2D eigenvalue weighted by atomic mass is 32.1. The zero-order chi connectivity index (χ0) is 17.2. The molecule has 5 nitrogen and oxygen atoms in total. The third-order valence-electron chi connectivity index (χ3n) is 3.59. The average molecular weight is 367 g/mol. The Balaban J connectivity index is 1.60. The van der Waals surface area contributed by atoms with E-state index in [1.165, 1.54) is 28.2 Å². The molecule has 4 aromatic rings. The number of carbonyl (C=O) groups is 1. The number of nitrogens with one attached hydrogen (secondary N) is 1. The van der Waals surface area contributed by atoms with Gasteiger partial charge in [-0.15, -0.1) is 22.7 Å². The van der Waals surface area contributed by atoms with E-state index < -0.39 is 0 Å². The van der Waals surface area contributed by atoms with E-state index >= 15 is 0 Å². The summed E-state index contributed by atoms with van der Waals surface area (Å²) < 4.78 is 5.41. The molecule has 0 aliphatic heterocycles. The number of anilines is 1. The van der Waals surface area contributed by atoms with Crippen molar-refractivity contribution in [1.29, 1.82) is 0 Å². The van der Waals surface area contributed by atoms with Crippen LogP contribution in [0.1, 0.15) is 15.2 Å². The van der Waals surface area contributed by atoms with Crippen molar-refractivity contribution in [3.8, 4) is 22.2 Å². The average Bonchev–Trinajstić information content (AvgIpc) is 3.36. The van der Waals surface area contributed by atoms with Gasteiger partial charge >= 0.3 is 0 Å². The van der Waals surface area contributed by atoms with Gasteiger partial charge in [0.2, 0.25) is 5.82 Å². The van der Waals surface area contributed by atoms with Crippen LogP contribution in [0.25, 0.3) is 22.2 Å². The fourth-order valence-corrected chi connectivity index (χ4v) is 3.69. The van der Waals surface area contributed by atoms with Gasteiger partial charge in [-0.3, -0.25) is 4.79 Å². The fourth-order valence-electron chi connectivity index (χ4n) is 2.30. The number of hydrogen-bond acceptors (Lipinski definition) is 6. The summed E-state index contributed by atoms with van der Waals surface area (Å²) in [5.74, 6) is 0.777. The first kappa shape index (κ1) is 15.7. The minimum Gasteiger partial charge on any atom is -0.333 e. The van der Waals surface area contributed by atoms with Crippen LogP contribution in [0.4, 0.5) is 5.69 Å². The molecule has 0 unspecified atom stereocenters. The van der Waals surface area contributed by atoms with Crippen LogP contribution >= 0.6 is 22.7 Å². The van der Waals surface area contributed by atoms with Crippen LogP contribution in [0.15, 0.2) is 57.7 Å². The Morgan fingerprint density at radius 1 is 1.08 bits per heavy atom. The lowest BCUT2D eigenvalue weighted by Gasteiger charge is -2.02. The third-order valence-corrected chi connectivity index (χ3v) is 5.36. The summed E-state index contributed by atoms with van der Waals surface area (Å²) in [5.41, 5.74) is 2.73. The summed E-state index contributed by atoms with van der Waals surface area (Å²) in [6.45, 7) is 2.03. The van der Waals surface area contributed by atoms with Gasteiger partial charge in [-0.1, -0.05) is 41.1 Å². The van der Waals surface area contributed by atoms with E-state index in [4.69, 9.17) is 4.52 Å². The maximum atomic E-state index is 12.3. The van der Waals surface area contributed by atoms with Crippen molar-refractivity contribution in [2.75, 3.05) is 5.32 Å². The van der Waals surface area contributed by atoms with E-state index in [-0.39, 0.29) is 5.91 Å². The van der Waals surface area contributed by atoms with Gasteiger partial charge in [0, 0.05) is 5.56 Å². The molecule has 25 heavy (non-hydrogen) atoms. The molecule has 0 spiro atoms. The molecule has 0 saturated heterocycles. The Hall–Kier alpha value is -2.77. The van der Waals surface area contributed by atoms with E-state index in [1.54, 1.807) is 6.07 Å². The quantitative estimate of drug-likeness (QED) is 0.546. The van der Waals surface area contributed by atoms with E-state index in [1.807, 2.05) is 54.1 Å². The third kappa shape index (κ3) is 3.24. The van der Waals surface area contributed by atoms with Crippen LogP contribution in [0.5, 0.6) is 0 Å². The van der Waals surface area contributed by atoms with Crippen LogP contribution in [-0.2, 0) is 0 Å². The second-order valence-corrected chi connectivity index (χ2v) is 7.25. The normalized spacial score (nSPS) is 10.8. The zero-order valence-electron chi connectivity index (χ0n) is 13.2. The van der Waals surface area contributed by atoms with Crippen molar-refractivity contribution in [3.05, 3.63) is 63.7 Å². The van der Waals surface area contributed by atoms with Gasteiger partial charge in [-0.05, 0) is 29.8 Å². The molecule has 0 atom stereocenters. The number of carbonyl (C=O) groups excluding carboxylic acids is 1. The summed E-state index contributed by atoms with van der Waals surface area (Å²) in [7, 11) is 0. The molecule has 1 N–H and O–H groups in total. The zero-order valence-corrected chi connectivity index (χ0v) is 14.9. The largest absolute Gasteiger partial charge is 0.333 e. The highest BCUT2D eigenvalue weighted by Crippen LogP contribution is 2.34. The summed E-state index contributed by atoms with van der Waals surface area (Å²) >= 11 is 2.84. The lowest BCUT2D eigenvalue weighted by atomic mass is 10.1. The minimum absolute atomic E-state index is 0.145. The second kappa shape index (κ2) is 6.62. The summed E-state index contributed by atoms with van der Waals surface area (Å²) in [6.07, 6.45) is 0. The maximum Gasteiger partial charge on any atom is 0.270 e. The van der Waals surface area contributed by atoms with Crippen LogP contribution in [0.2, 0.25) is 0 Å². The molecule has 0 bridgehead atoms. The number of amides is 1. The standard InChI is InChI=1S/C18H13N3O2S2/c1-11-4-6-12(7-5-11)16-20-18(23-21-16)15-13(8-10-25-15)19-17(22)14-3-2-9-24-14/h2-10H,1H3,(H,19,22). The van der Waals surface area contributed by atoms with Crippen molar-refractivity contribution >= 4 is 34.3 Å². The van der Waals surface area contributed by atoms with Gasteiger partial charge in [-0.2, -0.15) is 4.98 Å². The van der Waals surface area contributed by atoms with Crippen molar-refractivity contribution in [1.82, 2.24) is 10.1 Å². The molecule has 1 aromatic carbocycles. The van der Waals surface area contributed by atoms with Gasteiger partial charge < -0.3 is 9.84 Å². The molecule has 0 aliphatic rings. The molecule has 0 fully saturated rings. The van der Waals surface area contributed by atoms with Crippen LogP contribution in [0, 0.1) is 6.92 Å². The van der Waals surface area contributed by atoms with Gasteiger partial charge in [-0.25, -0.2) is 0 Å². The lowest BCUT2D eigenvalue weighted by molar-refractivity contribution is 0.103. The second-order valence-electron chi connectivity index (χ2n) is 5.38. The molecule has 4 rings (SSSR count). The highest BCUT2D eigenvalue weighted by Gasteiger charge is 2.18. The predicted molar refractivity (Wildman–Crippen MR) is 100 cm³/mol. The summed E-state index contributed by atoms with van der Waals surface area (Å²) in [5, 5.41) is 10.7. The number of thiophene rings is 2. The number of nitrogens with zero attached hydrogens (tertiary/aromatic N) is 2.